The minimum absolute atomic E-state index is 0.0763. The van der Waals surface area contributed by atoms with Crippen molar-refractivity contribution in [2.45, 2.75) is 30.9 Å². The summed E-state index contributed by atoms with van der Waals surface area (Å²) in [5.41, 5.74) is 0.0797. The summed E-state index contributed by atoms with van der Waals surface area (Å²) in [4.78, 5) is 15.4. The van der Waals surface area contributed by atoms with Crippen molar-refractivity contribution < 1.29 is 4.79 Å². The summed E-state index contributed by atoms with van der Waals surface area (Å²) in [6, 6.07) is 10.0. The highest BCUT2D eigenvalue weighted by Crippen LogP contribution is 2.23. The fourth-order valence-corrected chi connectivity index (χ4v) is 3.05. The summed E-state index contributed by atoms with van der Waals surface area (Å²) in [7, 11) is 4.11. The van der Waals surface area contributed by atoms with Crippen LogP contribution in [-0.4, -0.2) is 43.2 Å². The van der Waals surface area contributed by atoms with Crippen LogP contribution in [-0.2, 0) is 4.79 Å². The molecule has 1 rings (SSSR count). The molecule has 0 aliphatic carbocycles. The highest BCUT2D eigenvalue weighted by atomic mass is 32.2. The van der Waals surface area contributed by atoms with Crippen molar-refractivity contribution in [3.63, 3.8) is 0 Å². The van der Waals surface area contributed by atoms with E-state index in [1.807, 2.05) is 37.3 Å². The van der Waals surface area contributed by atoms with Gasteiger partial charge in [0.2, 0.25) is 5.91 Å². The summed E-state index contributed by atoms with van der Waals surface area (Å²) in [6.07, 6.45) is 0. The highest BCUT2D eigenvalue weighted by molar-refractivity contribution is 8.00. The van der Waals surface area contributed by atoms with Crippen molar-refractivity contribution in [3.8, 4) is 0 Å². The van der Waals surface area contributed by atoms with Crippen molar-refractivity contribution in [2.75, 3.05) is 27.2 Å². The number of carbonyl (C=O) groups excluding carboxylic acids is 1. The molecular formula is C16H26N2OS. The molecule has 0 bridgehead atoms. The lowest BCUT2D eigenvalue weighted by molar-refractivity contribution is -0.120. The van der Waals surface area contributed by atoms with Gasteiger partial charge in [0.1, 0.15) is 0 Å². The predicted octanol–water partition coefficient (Wildman–Crippen LogP) is 2.87. The van der Waals surface area contributed by atoms with Crippen LogP contribution in [0.5, 0.6) is 0 Å². The van der Waals surface area contributed by atoms with Crippen LogP contribution in [0.1, 0.15) is 20.8 Å². The number of thioether (sulfide) groups is 1. The van der Waals surface area contributed by atoms with E-state index in [9.17, 15) is 4.79 Å². The van der Waals surface area contributed by atoms with Crippen LogP contribution >= 0.6 is 11.8 Å². The van der Waals surface area contributed by atoms with Gasteiger partial charge in [0, 0.05) is 18.0 Å². The van der Waals surface area contributed by atoms with Crippen LogP contribution in [0.3, 0.4) is 0 Å². The number of rotatable bonds is 7. The van der Waals surface area contributed by atoms with Crippen LogP contribution in [0.25, 0.3) is 0 Å². The lowest BCUT2D eigenvalue weighted by Gasteiger charge is -2.29. The third-order valence-corrected chi connectivity index (χ3v) is 4.02. The quantitative estimate of drug-likeness (QED) is 0.785. The smallest absolute Gasteiger partial charge is 0.233 e. The molecule has 0 aromatic heterocycles. The van der Waals surface area contributed by atoms with E-state index >= 15 is 0 Å². The van der Waals surface area contributed by atoms with Gasteiger partial charge in [0.25, 0.3) is 0 Å². The Morgan fingerprint density at radius 1 is 1.30 bits per heavy atom. The van der Waals surface area contributed by atoms with Crippen molar-refractivity contribution in [2.24, 2.45) is 5.41 Å². The Morgan fingerprint density at radius 2 is 1.90 bits per heavy atom. The number of benzene rings is 1. The third kappa shape index (κ3) is 6.44. The van der Waals surface area contributed by atoms with Gasteiger partial charge < -0.3 is 10.2 Å². The van der Waals surface area contributed by atoms with Crippen LogP contribution in [0.15, 0.2) is 35.2 Å². The minimum Gasteiger partial charge on any atom is -0.355 e. The van der Waals surface area contributed by atoms with E-state index in [0.29, 0.717) is 6.54 Å². The zero-order valence-electron chi connectivity index (χ0n) is 13.1. The fourth-order valence-electron chi connectivity index (χ4n) is 2.14. The average molecular weight is 294 g/mol. The van der Waals surface area contributed by atoms with E-state index in [1.54, 1.807) is 11.8 Å². The summed E-state index contributed by atoms with van der Waals surface area (Å²) in [5.74, 6) is 0.102. The predicted molar refractivity (Wildman–Crippen MR) is 87.1 cm³/mol. The van der Waals surface area contributed by atoms with Gasteiger partial charge in [-0.1, -0.05) is 32.0 Å². The molecule has 0 heterocycles. The maximum absolute atomic E-state index is 12.1. The van der Waals surface area contributed by atoms with Gasteiger partial charge in [-0.2, -0.15) is 0 Å². The second-order valence-electron chi connectivity index (χ2n) is 6.19. The van der Waals surface area contributed by atoms with E-state index in [-0.39, 0.29) is 16.6 Å². The first-order chi connectivity index (χ1) is 9.30. The Bertz CT molecular complexity index is 418. The number of nitrogens with one attached hydrogen (secondary N) is 1. The monoisotopic (exact) mass is 294 g/mol. The fraction of sp³-hybridized carbons (Fsp3) is 0.562. The molecule has 1 amide bonds. The van der Waals surface area contributed by atoms with Crippen molar-refractivity contribution in [1.82, 2.24) is 10.2 Å². The number of nitrogens with zero attached hydrogens (tertiary/aromatic N) is 1. The maximum atomic E-state index is 12.1. The second-order valence-corrected chi connectivity index (χ2v) is 7.61. The topological polar surface area (TPSA) is 32.3 Å². The van der Waals surface area contributed by atoms with Crippen molar-refractivity contribution in [3.05, 3.63) is 30.3 Å². The van der Waals surface area contributed by atoms with Gasteiger partial charge in [0.15, 0.2) is 0 Å². The number of carbonyl (C=O) groups is 1. The number of hydrogen-bond donors (Lipinski definition) is 1. The molecule has 1 aromatic carbocycles. The van der Waals surface area contributed by atoms with Crippen LogP contribution in [0.2, 0.25) is 0 Å². The van der Waals surface area contributed by atoms with E-state index in [1.165, 1.54) is 0 Å². The van der Waals surface area contributed by atoms with E-state index in [0.717, 1.165) is 11.4 Å². The first kappa shape index (κ1) is 17.1. The van der Waals surface area contributed by atoms with Gasteiger partial charge in [-0.25, -0.2) is 0 Å². The molecular weight excluding hydrogens is 268 g/mol. The molecule has 1 aromatic rings. The normalized spacial score (nSPS) is 13.3. The van der Waals surface area contributed by atoms with Crippen molar-refractivity contribution >= 4 is 17.7 Å². The Labute approximate surface area is 127 Å². The highest BCUT2D eigenvalue weighted by Gasteiger charge is 2.21. The summed E-state index contributed by atoms with van der Waals surface area (Å²) in [6.45, 7) is 7.94. The van der Waals surface area contributed by atoms with Crippen LogP contribution in [0, 0.1) is 5.41 Å². The molecule has 0 aliphatic rings. The summed E-state index contributed by atoms with van der Waals surface area (Å²) >= 11 is 1.59. The van der Waals surface area contributed by atoms with Gasteiger partial charge >= 0.3 is 0 Å². The zero-order chi connectivity index (χ0) is 15.2. The van der Waals surface area contributed by atoms with Crippen LogP contribution < -0.4 is 5.32 Å². The average Bonchev–Trinajstić information content (AvgIpc) is 2.35. The Hall–Kier alpha value is -1.00. The summed E-state index contributed by atoms with van der Waals surface area (Å²) < 4.78 is 0. The molecule has 0 spiro atoms. The Balaban J connectivity index is 2.42. The molecule has 0 fully saturated rings. The standard InChI is InChI=1S/C16H26N2OS/c1-13(20-14-9-7-6-8-10-14)15(19)17-11-16(2,3)12-18(4)5/h6-10,13H,11-12H2,1-5H3,(H,17,19). The molecule has 20 heavy (non-hydrogen) atoms. The zero-order valence-corrected chi connectivity index (χ0v) is 14.0. The van der Waals surface area contributed by atoms with E-state index < -0.39 is 0 Å². The molecule has 0 radical (unpaired) electrons. The van der Waals surface area contributed by atoms with Gasteiger partial charge in [-0.05, 0) is 38.6 Å². The number of hydrogen-bond acceptors (Lipinski definition) is 3. The van der Waals surface area contributed by atoms with Crippen molar-refractivity contribution in [1.29, 1.82) is 0 Å². The molecule has 1 unspecified atom stereocenters. The molecule has 112 valence electrons. The minimum atomic E-state index is -0.0763. The molecule has 0 saturated carbocycles. The molecule has 0 aliphatic heterocycles. The maximum Gasteiger partial charge on any atom is 0.233 e. The largest absolute Gasteiger partial charge is 0.355 e. The molecule has 1 atom stereocenters. The van der Waals surface area contributed by atoms with E-state index in [4.69, 9.17) is 0 Å². The van der Waals surface area contributed by atoms with Gasteiger partial charge in [0.05, 0.1) is 5.25 Å². The van der Waals surface area contributed by atoms with Gasteiger partial charge in [-0.3, -0.25) is 4.79 Å². The third-order valence-electron chi connectivity index (χ3n) is 2.91. The first-order valence-corrected chi connectivity index (χ1v) is 7.82. The number of amides is 1. The second kappa shape index (κ2) is 7.70. The molecule has 0 saturated heterocycles. The Morgan fingerprint density at radius 3 is 2.45 bits per heavy atom. The Kier molecular flexibility index (Phi) is 6.56. The van der Waals surface area contributed by atoms with Crippen LogP contribution in [0.4, 0.5) is 0 Å². The first-order valence-electron chi connectivity index (χ1n) is 6.94. The lowest BCUT2D eigenvalue weighted by Crippen LogP contribution is -2.42. The molecule has 4 heteroatoms. The summed E-state index contributed by atoms with van der Waals surface area (Å²) in [5, 5.41) is 2.99. The van der Waals surface area contributed by atoms with Gasteiger partial charge in [-0.15, -0.1) is 11.8 Å². The molecule has 3 nitrogen and oxygen atoms in total. The SMILES string of the molecule is CC(Sc1ccccc1)C(=O)NCC(C)(C)CN(C)C. The molecule has 1 N–H and O–H groups in total. The van der Waals surface area contributed by atoms with E-state index in [2.05, 4.69) is 38.2 Å². The lowest BCUT2D eigenvalue weighted by atomic mass is 9.93.